The molecule has 2 rings (SSSR count). The summed E-state index contributed by atoms with van der Waals surface area (Å²) in [7, 11) is 0. The average Bonchev–Trinajstić information content (AvgIpc) is 2.59. The van der Waals surface area contributed by atoms with Gasteiger partial charge in [-0.1, -0.05) is 13.8 Å². The maximum absolute atomic E-state index is 12.4. The zero-order valence-corrected chi connectivity index (χ0v) is 14.2. The average molecular weight is 320 g/mol. The highest BCUT2D eigenvalue weighted by atomic mass is 16.5. The highest BCUT2D eigenvalue weighted by Gasteiger charge is 2.17. The van der Waals surface area contributed by atoms with Gasteiger partial charge in [-0.3, -0.25) is 4.79 Å². The van der Waals surface area contributed by atoms with Crippen molar-refractivity contribution in [3.05, 3.63) is 23.8 Å². The van der Waals surface area contributed by atoms with Crippen molar-refractivity contribution in [2.75, 3.05) is 26.3 Å². The van der Waals surface area contributed by atoms with E-state index in [0.29, 0.717) is 30.3 Å². The highest BCUT2D eigenvalue weighted by molar-refractivity contribution is 5.95. The van der Waals surface area contributed by atoms with Crippen molar-refractivity contribution in [1.82, 2.24) is 10.6 Å². The minimum atomic E-state index is -0.0536. The molecule has 0 saturated carbocycles. The third-order valence-electron chi connectivity index (χ3n) is 3.76. The van der Waals surface area contributed by atoms with Crippen LogP contribution in [0.4, 0.5) is 0 Å². The lowest BCUT2D eigenvalue weighted by atomic mass is 10.1. The van der Waals surface area contributed by atoms with Crippen molar-refractivity contribution in [2.45, 2.75) is 45.6 Å². The number of amides is 1. The van der Waals surface area contributed by atoms with Gasteiger partial charge in [0.1, 0.15) is 0 Å². The molecule has 5 nitrogen and oxygen atoms in total. The summed E-state index contributed by atoms with van der Waals surface area (Å²) in [6.07, 6.45) is 3.97. The molecular formula is C18H28N2O3. The second-order valence-electron chi connectivity index (χ2n) is 5.88. The normalized spacial score (nSPS) is 17.6. The molecule has 2 N–H and O–H groups in total. The van der Waals surface area contributed by atoms with E-state index < -0.39 is 0 Å². The van der Waals surface area contributed by atoms with E-state index in [4.69, 9.17) is 9.47 Å². The Morgan fingerprint density at radius 2 is 1.96 bits per heavy atom. The standard InChI is InChI=1S/C18H28N2O3/c1-3-10-22-16-8-7-14(12-17(16)23-11-4-2)18(21)20-15-6-5-9-19-13-15/h7-8,12,15,19H,3-6,9-11,13H2,1-2H3,(H,20,21). The minimum absolute atomic E-state index is 0.0536. The smallest absolute Gasteiger partial charge is 0.251 e. The summed E-state index contributed by atoms with van der Waals surface area (Å²) >= 11 is 0. The fraction of sp³-hybridized carbons (Fsp3) is 0.611. The van der Waals surface area contributed by atoms with E-state index >= 15 is 0 Å². The number of nitrogens with one attached hydrogen (secondary N) is 2. The topological polar surface area (TPSA) is 59.6 Å². The number of ether oxygens (including phenoxy) is 2. The molecular weight excluding hydrogens is 292 g/mol. The van der Waals surface area contributed by atoms with Crippen LogP contribution in [0.2, 0.25) is 0 Å². The van der Waals surface area contributed by atoms with E-state index in [2.05, 4.69) is 24.5 Å². The first-order valence-corrected chi connectivity index (χ1v) is 8.65. The number of hydrogen-bond donors (Lipinski definition) is 2. The number of hydrogen-bond acceptors (Lipinski definition) is 4. The van der Waals surface area contributed by atoms with E-state index in [9.17, 15) is 4.79 Å². The van der Waals surface area contributed by atoms with Crippen LogP contribution in [-0.4, -0.2) is 38.3 Å². The summed E-state index contributed by atoms with van der Waals surface area (Å²) in [5.41, 5.74) is 0.616. The summed E-state index contributed by atoms with van der Waals surface area (Å²) < 4.78 is 11.4. The lowest BCUT2D eigenvalue weighted by molar-refractivity contribution is 0.0930. The van der Waals surface area contributed by atoms with E-state index in [1.807, 2.05) is 6.07 Å². The molecule has 128 valence electrons. The van der Waals surface area contributed by atoms with Crippen LogP contribution >= 0.6 is 0 Å². The van der Waals surface area contributed by atoms with Gasteiger partial charge in [0.25, 0.3) is 5.91 Å². The van der Waals surface area contributed by atoms with Crippen molar-refractivity contribution in [1.29, 1.82) is 0 Å². The number of rotatable bonds is 8. The third kappa shape index (κ3) is 5.43. The minimum Gasteiger partial charge on any atom is -0.490 e. The Morgan fingerprint density at radius 3 is 2.61 bits per heavy atom. The molecule has 0 bridgehead atoms. The summed E-state index contributed by atoms with van der Waals surface area (Å²) in [4.78, 5) is 12.4. The molecule has 1 aromatic carbocycles. The molecule has 1 saturated heterocycles. The van der Waals surface area contributed by atoms with Gasteiger partial charge in [-0.15, -0.1) is 0 Å². The Kier molecular flexibility index (Phi) is 7.20. The predicted octanol–water partition coefficient (Wildman–Crippen LogP) is 2.75. The number of piperidine rings is 1. The maximum atomic E-state index is 12.4. The van der Waals surface area contributed by atoms with Crippen LogP contribution in [0.3, 0.4) is 0 Å². The van der Waals surface area contributed by atoms with E-state index in [-0.39, 0.29) is 11.9 Å². The van der Waals surface area contributed by atoms with Crippen molar-refractivity contribution in [3.63, 3.8) is 0 Å². The van der Waals surface area contributed by atoms with E-state index in [0.717, 1.165) is 38.8 Å². The molecule has 0 aliphatic carbocycles. The van der Waals surface area contributed by atoms with E-state index in [1.54, 1.807) is 12.1 Å². The second-order valence-corrected chi connectivity index (χ2v) is 5.88. The fourth-order valence-electron chi connectivity index (χ4n) is 2.55. The molecule has 1 aliphatic heterocycles. The fourth-order valence-corrected chi connectivity index (χ4v) is 2.55. The highest BCUT2D eigenvalue weighted by Crippen LogP contribution is 2.29. The Labute approximate surface area is 138 Å². The Hall–Kier alpha value is -1.75. The van der Waals surface area contributed by atoms with Crippen molar-refractivity contribution >= 4 is 5.91 Å². The molecule has 0 spiro atoms. The quantitative estimate of drug-likeness (QED) is 0.773. The van der Waals surface area contributed by atoms with Gasteiger partial charge in [0.15, 0.2) is 11.5 Å². The molecule has 1 unspecified atom stereocenters. The van der Waals surface area contributed by atoms with Crippen LogP contribution in [0.1, 0.15) is 49.9 Å². The van der Waals surface area contributed by atoms with Gasteiger partial charge in [0.05, 0.1) is 13.2 Å². The summed E-state index contributed by atoms with van der Waals surface area (Å²) in [5.74, 6) is 1.30. The van der Waals surface area contributed by atoms with Crippen LogP contribution < -0.4 is 20.1 Å². The predicted molar refractivity (Wildman–Crippen MR) is 91.4 cm³/mol. The van der Waals surface area contributed by atoms with Crippen LogP contribution in [0.5, 0.6) is 11.5 Å². The van der Waals surface area contributed by atoms with Crippen molar-refractivity contribution in [2.24, 2.45) is 0 Å². The van der Waals surface area contributed by atoms with Gasteiger partial charge in [0.2, 0.25) is 0 Å². The first-order valence-electron chi connectivity index (χ1n) is 8.65. The number of benzene rings is 1. The SMILES string of the molecule is CCCOc1ccc(C(=O)NC2CCCNC2)cc1OCCC. The molecule has 1 atom stereocenters. The molecule has 1 aromatic rings. The van der Waals surface area contributed by atoms with Gasteiger partial charge < -0.3 is 20.1 Å². The van der Waals surface area contributed by atoms with Crippen molar-refractivity contribution < 1.29 is 14.3 Å². The van der Waals surface area contributed by atoms with Gasteiger partial charge in [-0.2, -0.15) is 0 Å². The van der Waals surface area contributed by atoms with Crippen molar-refractivity contribution in [3.8, 4) is 11.5 Å². The van der Waals surface area contributed by atoms with Gasteiger partial charge in [-0.05, 0) is 50.4 Å². The maximum Gasteiger partial charge on any atom is 0.251 e. The molecule has 23 heavy (non-hydrogen) atoms. The Bertz CT molecular complexity index is 499. The van der Waals surface area contributed by atoms with Crippen LogP contribution in [0.25, 0.3) is 0 Å². The molecule has 1 fully saturated rings. The molecule has 5 heteroatoms. The summed E-state index contributed by atoms with van der Waals surface area (Å²) in [5, 5.41) is 6.39. The molecule has 1 heterocycles. The van der Waals surface area contributed by atoms with Gasteiger partial charge in [0, 0.05) is 18.2 Å². The Morgan fingerprint density at radius 1 is 1.22 bits per heavy atom. The van der Waals surface area contributed by atoms with Gasteiger partial charge >= 0.3 is 0 Å². The first-order chi connectivity index (χ1) is 11.2. The zero-order chi connectivity index (χ0) is 16.5. The second kappa shape index (κ2) is 9.40. The van der Waals surface area contributed by atoms with Crippen LogP contribution in [-0.2, 0) is 0 Å². The van der Waals surface area contributed by atoms with E-state index in [1.165, 1.54) is 0 Å². The zero-order valence-electron chi connectivity index (χ0n) is 14.2. The molecule has 0 radical (unpaired) electrons. The van der Waals surface area contributed by atoms with Crippen LogP contribution in [0.15, 0.2) is 18.2 Å². The molecule has 1 amide bonds. The lowest BCUT2D eigenvalue weighted by Gasteiger charge is -2.24. The number of carbonyl (C=O) groups is 1. The summed E-state index contributed by atoms with van der Waals surface area (Å²) in [6.45, 7) is 7.24. The van der Waals surface area contributed by atoms with Gasteiger partial charge in [-0.25, -0.2) is 0 Å². The van der Waals surface area contributed by atoms with Crippen LogP contribution in [0, 0.1) is 0 Å². The molecule has 0 aromatic heterocycles. The monoisotopic (exact) mass is 320 g/mol. The molecule has 1 aliphatic rings. The first kappa shape index (κ1) is 17.6. The lowest BCUT2D eigenvalue weighted by Crippen LogP contribution is -2.45. The number of carbonyl (C=O) groups excluding carboxylic acids is 1. The Balaban J connectivity index is 2.06. The largest absolute Gasteiger partial charge is 0.490 e. The third-order valence-corrected chi connectivity index (χ3v) is 3.76. The summed E-state index contributed by atoms with van der Waals surface area (Å²) in [6, 6.07) is 5.61.